The lowest BCUT2D eigenvalue weighted by Gasteiger charge is -2.30. The molecule has 5 nitrogen and oxygen atoms in total. The molecule has 0 heterocycles. The first-order valence-corrected chi connectivity index (χ1v) is 10.4. The van der Waals surface area contributed by atoms with Gasteiger partial charge in [0, 0.05) is 10.5 Å². The first-order chi connectivity index (χ1) is 12.0. The second-order valence-corrected chi connectivity index (χ2v) is 8.63. The normalized spacial score (nSPS) is 21.4. The third-order valence-corrected chi connectivity index (χ3v) is 6.69. The summed E-state index contributed by atoms with van der Waals surface area (Å²) in [5, 5.41) is 0. The fourth-order valence-corrected chi connectivity index (χ4v) is 5.30. The maximum atomic E-state index is 12.9. The van der Waals surface area contributed by atoms with Crippen LogP contribution in [-0.2, 0) is 14.8 Å². The Morgan fingerprint density at radius 3 is 2.62 bits per heavy atom. The molecule has 10 heteroatoms. The van der Waals surface area contributed by atoms with E-state index in [0.717, 1.165) is 0 Å². The van der Waals surface area contributed by atoms with E-state index in [-0.39, 0.29) is 34.4 Å². The highest BCUT2D eigenvalue weighted by atomic mass is 79.9. The Bertz CT molecular complexity index is 767. The van der Waals surface area contributed by atoms with Crippen LogP contribution in [0.25, 0.3) is 0 Å². The van der Waals surface area contributed by atoms with E-state index >= 15 is 0 Å². The first kappa shape index (κ1) is 21.2. The van der Waals surface area contributed by atoms with E-state index in [0.29, 0.717) is 12.8 Å². The van der Waals surface area contributed by atoms with Crippen LogP contribution in [0, 0.1) is 5.92 Å². The number of esters is 1. The van der Waals surface area contributed by atoms with Crippen molar-refractivity contribution in [2.24, 2.45) is 5.92 Å². The number of ether oxygens (including phenoxy) is 1. The Hall–Kier alpha value is -1.13. The summed E-state index contributed by atoms with van der Waals surface area (Å²) in [5.74, 6) is -2.09. The van der Waals surface area contributed by atoms with Crippen molar-refractivity contribution in [3.63, 3.8) is 0 Å². The number of sulfonamides is 1. The van der Waals surface area contributed by atoms with E-state index in [1.807, 2.05) is 0 Å². The molecule has 1 fully saturated rings. The quantitative estimate of drug-likeness (QED) is 0.677. The molecule has 1 aromatic carbocycles. The molecule has 2 atom stereocenters. The third kappa shape index (κ3) is 5.20. The van der Waals surface area contributed by atoms with Gasteiger partial charge in [0.25, 0.3) is 0 Å². The van der Waals surface area contributed by atoms with Gasteiger partial charge < -0.3 is 4.74 Å². The lowest BCUT2D eigenvalue weighted by atomic mass is 9.86. The molecule has 1 saturated carbocycles. The zero-order chi connectivity index (χ0) is 19.5. The van der Waals surface area contributed by atoms with Crippen molar-refractivity contribution in [2.45, 2.75) is 49.7 Å². The Kier molecular flexibility index (Phi) is 6.73. The maximum Gasteiger partial charge on any atom is 0.391 e. The number of hydrogen-bond donors (Lipinski definition) is 1. The summed E-state index contributed by atoms with van der Waals surface area (Å²) in [6.07, 6.45) is -3.93. The molecule has 0 saturated heterocycles. The molecule has 0 bridgehead atoms. The fourth-order valence-electron chi connectivity index (χ4n) is 2.94. The lowest BCUT2D eigenvalue weighted by molar-refractivity contribution is -0.183. The number of alkyl halides is 3. The predicted molar refractivity (Wildman–Crippen MR) is 92.2 cm³/mol. The van der Waals surface area contributed by atoms with Gasteiger partial charge in [-0.05, 0) is 60.3 Å². The van der Waals surface area contributed by atoms with Crippen LogP contribution in [0.3, 0.4) is 0 Å². The zero-order valence-electron chi connectivity index (χ0n) is 14.0. The third-order valence-electron chi connectivity index (χ3n) is 4.19. The second-order valence-electron chi connectivity index (χ2n) is 6.09. The number of hydrogen-bond acceptors (Lipinski definition) is 4. The Morgan fingerprint density at radius 2 is 2.04 bits per heavy atom. The molecular weight excluding hydrogens is 439 g/mol. The summed E-state index contributed by atoms with van der Waals surface area (Å²) < 4.78 is 71.1. The van der Waals surface area contributed by atoms with Crippen LogP contribution in [0.1, 0.15) is 43.0 Å². The molecule has 1 aliphatic carbocycles. The molecule has 1 N–H and O–H groups in total. The lowest BCUT2D eigenvalue weighted by Crippen LogP contribution is -2.41. The Balaban J connectivity index is 2.16. The molecule has 0 aliphatic heterocycles. The van der Waals surface area contributed by atoms with E-state index in [1.54, 1.807) is 6.92 Å². The number of rotatable bonds is 5. The number of carbonyl (C=O) groups is 1. The molecule has 0 aromatic heterocycles. The van der Waals surface area contributed by atoms with Crippen LogP contribution in [-0.4, -0.2) is 33.2 Å². The first-order valence-electron chi connectivity index (χ1n) is 8.10. The van der Waals surface area contributed by atoms with E-state index in [4.69, 9.17) is 4.74 Å². The molecule has 0 radical (unpaired) electrons. The van der Waals surface area contributed by atoms with Crippen molar-refractivity contribution in [2.75, 3.05) is 6.61 Å². The van der Waals surface area contributed by atoms with Crippen molar-refractivity contribution in [1.29, 1.82) is 0 Å². The van der Waals surface area contributed by atoms with Gasteiger partial charge in [0.05, 0.1) is 23.0 Å². The minimum absolute atomic E-state index is 0.0136. The van der Waals surface area contributed by atoms with Gasteiger partial charge in [0.15, 0.2) is 0 Å². The molecule has 146 valence electrons. The predicted octanol–water partition coefficient (Wildman–Crippen LogP) is 4.03. The molecule has 0 spiro atoms. The van der Waals surface area contributed by atoms with Gasteiger partial charge in [0.2, 0.25) is 10.0 Å². The molecule has 26 heavy (non-hydrogen) atoms. The summed E-state index contributed by atoms with van der Waals surface area (Å²) in [6, 6.07) is 3.06. The van der Waals surface area contributed by atoms with Crippen molar-refractivity contribution in [3.05, 3.63) is 28.2 Å². The highest BCUT2D eigenvalue weighted by Crippen LogP contribution is 2.38. The zero-order valence-corrected chi connectivity index (χ0v) is 16.4. The van der Waals surface area contributed by atoms with Gasteiger partial charge in [-0.25, -0.2) is 17.9 Å². The Labute approximate surface area is 158 Å². The van der Waals surface area contributed by atoms with Crippen LogP contribution in [0.2, 0.25) is 0 Å². The average molecular weight is 458 g/mol. The minimum atomic E-state index is -4.33. The van der Waals surface area contributed by atoms with Crippen molar-refractivity contribution >= 4 is 31.9 Å². The molecule has 0 unspecified atom stereocenters. The van der Waals surface area contributed by atoms with Crippen LogP contribution in [0.4, 0.5) is 13.2 Å². The van der Waals surface area contributed by atoms with E-state index in [9.17, 15) is 26.4 Å². The smallest absolute Gasteiger partial charge is 0.391 e. The summed E-state index contributed by atoms with van der Waals surface area (Å²) in [5.41, 5.74) is 0.174. The monoisotopic (exact) mass is 457 g/mol. The molecule has 1 aromatic rings. The van der Waals surface area contributed by atoms with Crippen molar-refractivity contribution in [1.82, 2.24) is 4.72 Å². The standard InChI is InChI=1S/C16H19BrF3NO4S/c1-2-25-15(22)10-6-7-14(13(17)8-10)26(23,24)21-12-5-3-4-11(9-12)16(18,19)20/h6-8,11-12,21H,2-5,9H2,1H3/t11-,12-/m1/s1. The van der Waals surface area contributed by atoms with Gasteiger partial charge in [-0.2, -0.15) is 13.2 Å². The largest absolute Gasteiger partial charge is 0.462 e. The SMILES string of the molecule is CCOC(=O)c1ccc(S(=O)(=O)N[C@@H]2CCC[C@@H](C(F)(F)F)C2)c(Br)c1. The van der Waals surface area contributed by atoms with E-state index in [2.05, 4.69) is 20.7 Å². The molecule has 2 rings (SSSR count). The molecular formula is C16H19BrF3NO4S. The highest BCUT2D eigenvalue weighted by Gasteiger charge is 2.43. The van der Waals surface area contributed by atoms with Gasteiger partial charge in [-0.3, -0.25) is 0 Å². The van der Waals surface area contributed by atoms with Gasteiger partial charge in [-0.1, -0.05) is 6.42 Å². The summed E-state index contributed by atoms with van der Waals surface area (Å²) >= 11 is 3.10. The second kappa shape index (κ2) is 8.26. The number of nitrogens with one attached hydrogen (secondary N) is 1. The topological polar surface area (TPSA) is 72.5 Å². The van der Waals surface area contributed by atoms with Crippen LogP contribution in [0.15, 0.2) is 27.6 Å². The van der Waals surface area contributed by atoms with E-state index < -0.39 is 34.1 Å². The van der Waals surface area contributed by atoms with E-state index in [1.165, 1.54) is 18.2 Å². The average Bonchev–Trinajstić information content (AvgIpc) is 2.53. The number of carbonyl (C=O) groups excluding carboxylic acids is 1. The molecule has 1 aliphatic rings. The van der Waals surface area contributed by atoms with Crippen LogP contribution >= 0.6 is 15.9 Å². The Morgan fingerprint density at radius 1 is 1.35 bits per heavy atom. The minimum Gasteiger partial charge on any atom is -0.462 e. The van der Waals surface area contributed by atoms with Crippen molar-refractivity contribution < 1.29 is 31.1 Å². The van der Waals surface area contributed by atoms with Gasteiger partial charge in [0.1, 0.15) is 0 Å². The summed E-state index contributed by atoms with van der Waals surface area (Å²) in [4.78, 5) is 11.6. The fraction of sp³-hybridized carbons (Fsp3) is 0.562. The number of benzene rings is 1. The van der Waals surface area contributed by atoms with Gasteiger partial charge in [-0.15, -0.1) is 0 Å². The molecule has 0 amide bonds. The van der Waals surface area contributed by atoms with Crippen molar-refractivity contribution in [3.8, 4) is 0 Å². The van der Waals surface area contributed by atoms with Crippen LogP contribution in [0.5, 0.6) is 0 Å². The number of halogens is 4. The summed E-state index contributed by atoms with van der Waals surface area (Å²) in [7, 11) is -4.03. The maximum absolute atomic E-state index is 12.9. The van der Waals surface area contributed by atoms with Crippen LogP contribution < -0.4 is 4.72 Å². The van der Waals surface area contributed by atoms with Gasteiger partial charge >= 0.3 is 12.1 Å². The highest BCUT2D eigenvalue weighted by molar-refractivity contribution is 9.10. The summed E-state index contributed by atoms with van der Waals surface area (Å²) in [6.45, 7) is 1.83.